The summed E-state index contributed by atoms with van der Waals surface area (Å²) < 4.78 is 9.42. The molecule has 0 amide bonds. The molecule has 0 aliphatic heterocycles. The first-order valence-electron chi connectivity index (χ1n) is 7.31. The SMILES string of the molecule is CCCCC(CC)C(=O)[O][Pb]([CH2]C)([CH2]C)[CH2]C. The van der Waals surface area contributed by atoms with Crippen molar-refractivity contribution in [3.63, 3.8) is 0 Å². The summed E-state index contributed by atoms with van der Waals surface area (Å²) in [6.45, 7) is 10.9. The van der Waals surface area contributed by atoms with E-state index in [1.807, 2.05) is 0 Å². The molecular formula is C14H30O2Pb. The van der Waals surface area contributed by atoms with Gasteiger partial charge in [0.15, 0.2) is 0 Å². The zero-order chi connectivity index (χ0) is 13.3. The Balaban J connectivity index is 4.46. The minimum absolute atomic E-state index is 0.119. The minimum atomic E-state index is -2.66. The Morgan fingerprint density at radius 1 is 1.06 bits per heavy atom. The fourth-order valence-electron chi connectivity index (χ4n) is 2.20. The van der Waals surface area contributed by atoms with Crippen molar-refractivity contribution in [2.24, 2.45) is 5.92 Å². The van der Waals surface area contributed by atoms with Crippen LogP contribution in [0.15, 0.2) is 0 Å². The Morgan fingerprint density at radius 2 is 1.59 bits per heavy atom. The molecule has 0 fully saturated rings. The van der Waals surface area contributed by atoms with Gasteiger partial charge in [-0.15, -0.1) is 0 Å². The fourth-order valence-corrected chi connectivity index (χ4v) is 12.0. The van der Waals surface area contributed by atoms with Gasteiger partial charge in [-0.1, -0.05) is 0 Å². The van der Waals surface area contributed by atoms with Gasteiger partial charge in [0.05, 0.1) is 0 Å². The van der Waals surface area contributed by atoms with Crippen LogP contribution < -0.4 is 0 Å². The number of unbranched alkanes of at least 4 members (excludes halogenated alkanes) is 1. The van der Waals surface area contributed by atoms with Crippen molar-refractivity contribution in [1.82, 2.24) is 0 Å². The standard InChI is InChI=1S/C8H16O2.3C2H5.Pb/c1-3-5-6-7(4-2)8(9)10;3*1-2;/h7H,3-6H2,1-2H3,(H,9,10);3*1H2,2H3;/q;;;;+1/p-1. The van der Waals surface area contributed by atoms with Gasteiger partial charge in [-0.05, 0) is 0 Å². The zero-order valence-electron chi connectivity index (χ0n) is 12.3. The quantitative estimate of drug-likeness (QED) is 0.487. The second-order valence-corrected chi connectivity index (χ2v) is 23.2. The third-order valence-corrected chi connectivity index (χ3v) is 21.5. The molecule has 0 saturated carbocycles. The molecule has 0 radical (unpaired) electrons. The van der Waals surface area contributed by atoms with Crippen LogP contribution in [0.4, 0.5) is 0 Å². The molecule has 0 rings (SSSR count). The van der Waals surface area contributed by atoms with Gasteiger partial charge in [0.1, 0.15) is 0 Å². The van der Waals surface area contributed by atoms with Crippen molar-refractivity contribution < 1.29 is 7.48 Å². The number of rotatable bonds is 9. The number of carbonyl (C=O) groups is 1. The van der Waals surface area contributed by atoms with E-state index in [2.05, 4.69) is 34.6 Å². The molecule has 0 aliphatic carbocycles. The van der Waals surface area contributed by atoms with Gasteiger partial charge < -0.3 is 0 Å². The Bertz CT molecular complexity index is 204. The Hall–Kier alpha value is 0.392. The maximum atomic E-state index is 12.2. The van der Waals surface area contributed by atoms with Gasteiger partial charge in [0.25, 0.3) is 0 Å². The summed E-state index contributed by atoms with van der Waals surface area (Å²) in [6, 6.07) is 0. The van der Waals surface area contributed by atoms with Gasteiger partial charge >= 0.3 is 113 Å². The van der Waals surface area contributed by atoms with Crippen LogP contribution in [0.25, 0.3) is 0 Å². The first-order valence-corrected chi connectivity index (χ1v) is 17.1. The molecular weight excluding hydrogens is 407 g/mol. The van der Waals surface area contributed by atoms with Crippen LogP contribution in [0, 0.1) is 5.92 Å². The van der Waals surface area contributed by atoms with Gasteiger partial charge in [-0.25, -0.2) is 0 Å². The summed E-state index contributed by atoms with van der Waals surface area (Å²) in [7, 11) is 0. The Kier molecular flexibility index (Phi) is 9.55. The van der Waals surface area contributed by atoms with Crippen molar-refractivity contribution in [1.29, 1.82) is 0 Å². The van der Waals surface area contributed by atoms with Gasteiger partial charge in [-0.2, -0.15) is 0 Å². The molecule has 1 unspecified atom stereocenters. The molecule has 0 aliphatic rings. The number of carbonyl (C=O) groups excluding carboxylic acids is 1. The van der Waals surface area contributed by atoms with Gasteiger partial charge in [0.2, 0.25) is 0 Å². The van der Waals surface area contributed by atoms with Crippen LogP contribution in [-0.2, 0) is 7.48 Å². The van der Waals surface area contributed by atoms with Crippen LogP contribution in [-0.4, -0.2) is 27.6 Å². The number of hydrogen-bond acceptors (Lipinski definition) is 2. The second-order valence-electron chi connectivity index (χ2n) is 4.91. The molecule has 0 N–H and O–H groups in total. The fraction of sp³-hybridized carbons (Fsp3) is 0.929. The topological polar surface area (TPSA) is 26.3 Å². The van der Waals surface area contributed by atoms with E-state index < -0.39 is 21.6 Å². The molecule has 1 atom stereocenters. The monoisotopic (exact) mass is 438 g/mol. The van der Waals surface area contributed by atoms with Crippen molar-refractivity contribution in [3.05, 3.63) is 0 Å². The molecule has 0 spiro atoms. The summed E-state index contributed by atoms with van der Waals surface area (Å²) >= 11 is -2.66. The molecule has 0 saturated heterocycles. The molecule has 3 heteroatoms. The average molecular weight is 438 g/mol. The zero-order valence-corrected chi connectivity index (χ0v) is 16.2. The first kappa shape index (κ1) is 17.4. The Morgan fingerprint density at radius 3 is 1.94 bits per heavy atom. The van der Waals surface area contributed by atoms with E-state index in [0.717, 1.165) is 37.6 Å². The molecule has 102 valence electrons. The van der Waals surface area contributed by atoms with Crippen LogP contribution >= 0.6 is 0 Å². The molecule has 17 heavy (non-hydrogen) atoms. The summed E-state index contributed by atoms with van der Waals surface area (Å²) in [5, 5.41) is 0. The molecule has 0 aromatic heterocycles. The normalized spacial score (nSPS) is 13.5. The van der Waals surface area contributed by atoms with Gasteiger partial charge in [0, 0.05) is 0 Å². The molecule has 0 bridgehead atoms. The van der Waals surface area contributed by atoms with Crippen molar-refractivity contribution >= 4 is 27.6 Å². The van der Waals surface area contributed by atoms with Crippen LogP contribution in [0.2, 0.25) is 11.9 Å². The van der Waals surface area contributed by atoms with Crippen LogP contribution in [0.3, 0.4) is 0 Å². The number of hydrogen-bond donors (Lipinski definition) is 0. The van der Waals surface area contributed by atoms with E-state index in [0.29, 0.717) is 0 Å². The van der Waals surface area contributed by atoms with Gasteiger partial charge in [-0.3, -0.25) is 0 Å². The van der Waals surface area contributed by atoms with E-state index in [1.54, 1.807) is 0 Å². The van der Waals surface area contributed by atoms with E-state index in [9.17, 15) is 4.79 Å². The maximum absolute atomic E-state index is 12.2. The van der Waals surface area contributed by atoms with Crippen LogP contribution in [0.5, 0.6) is 0 Å². The van der Waals surface area contributed by atoms with Crippen LogP contribution in [0.1, 0.15) is 60.3 Å². The van der Waals surface area contributed by atoms with E-state index in [1.165, 1.54) is 0 Å². The average Bonchev–Trinajstić information content (AvgIpc) is 2.37. The van der Waals surface area contributed by atoms with E-state index >= 15 is 0 Å². The summed E-state index contributed by atoms with van der Waals surface area (Å²) in [5.41, 5.74) is 0. The second kappa shape index (κ2) is 9.34. The predicted octanol–water partition coefficient (Wildman–Crippen LogP) is 4.75. The van der Waals surface area contributed by atoms with E-state index in [-0.39, 0.29) is 11.9 Å². The van der Waals surface area contributed by atoms with Crippen molar-refractivity contribution in [3.8, 4) is 0 Å². The van der Waals surface area contributed by atoms with Crippen molar-refractivity contribution in [2.45, 2.75) is 72.2 Å². The third-order valence-electron chi connectivity index (χ3n) is 3.98. The third kappa shape index (κ3) is 5.71. The first-order chi connectivity index (χ1) is 8.09. The summed E-state index contributed by atoms with van der Waals surface area (Å²) in [5.74, 6) is 0.271. The van der Waals surface area contributed by atoms with E-state index in [4.69, 9.17) is 2.69 Å². The predicted molar refractivity (Wildman–Crippen MR) is 76.6 cm³/mol. The summed E-state index contributed by atoms with van der Waals surface area (Å²) in [4.78, 5) is 12.2. The molecule has 2 nitrogen and oxygen atoms in total. The Labute approximate surface area is 113 Å². The summed E-state index contributed by atoms with van der Waals surface area (Å²) in [6.07, 6.45) is 4.24. The van der Waals surface area contributed by atoms with Crippen molar-refractivity contribution in [2.75, 3.05) is 0 Å². The molecule has 0 aromatic rings. The molecule has 0 heterocycles. The molecule has 0 aromatic carbocycles.